The molecule has 34 heavy (non-hydrogen) atoms. The fourth-order valence-electron chi connectivity index (χ4n) is 3.72. The zero-order valence-electron chi connectivity index (χ0n) is 19.6. The number of amides is 1. The lowest BCUT2D eigenvalue weighted by molar-refractivity contribution is -0.129. The van der Waals surface area contributed by atoms with Crippen LogP contribution in [0.2, 0.25) is 0 Å². The van der Waals surface area contributed by atoms with Crippen molar-refractivity contribution in [1.29, 1.82) is 0 Å². The summed E-state index contributed by atoms with van der Waals surface area (Å²) >= 11 is 0. The number of ether oxygens (including phenoxy) is 1. The minimum atomic E-state index is -0.938. The van der Waals surface area contributed by atoms with E-state index in [9.17, 15) is 9.59 Å². The molecule has 0 saturated carbocycles. The number of hydrogen-bond donors (Lipinski definition) is 1. The molecule has 0 fully saturated rings. The number of aromatic nitrogens is 3. The summed E-state index contributed by atoms with van der Waals surface area (Å²) in [5.74, 6) is -0.922. The van der Waals surface area contributed by atoms with Crippen molar-refractivity contribution in [2.75, 3.05) is 6.54 Å². The molecule has 1 unspecified atom stereocenters. The first kappa shape index (κ1) is 23.2. The van der Waals surface area contributed by atoms with Gasteiger partial charge in [-0.15, -0.1) is 0 Å². The zero-order valence-corrected chi connectivity index (χ0v) is 19.6. The topological polar surface area (TPSA) is 86.1 Å². The Morgan fingerprint density at radius 1 is 1.00 bits per heavy atom. The van der Waals surface area contributed by atoms with Crippen LogP contribution in [0.3, 0.4) is 0 Å². The number of benzene rings is 2. The van der Waals surface area contributed by atoms with E-state index in [0.29, 0.717) is 35.3 Å². The highest BCUT2D eigenvalue weighted by molar-refractivity contribution is 6.04. The number of rotatable bonds is 8. The third-order valence-corrected chi connectivity index (χ3v) is 5.55. The lowest BCUT2D eigenvalue weighted by Crippen LogP contribution is -2.37. The van der Waals surface area contributed by atoms with Gasteiger partial charge >= 0.3 is 5.97 Å². The summed E-state index contributed by atoms with van der Waals surface area (Å²) < 4.78 is 7.33. The summed E-state index contributed by atoms with van der Waals surface area (Å²) in [6.45, 7) is 6.04. The van der Waals surface area contributed by atoms with Crippen molar-refractivity contribution in [2.45, 2.75) is 39.3 Å². The molecule has 1 N–H and O–H groups in total. The maximum Gasteiger partial charge on any atom is 0.339 e. The van der Waals surface area contributed by atoms with E-state index in [-0.39, 0.29) is 11.9 Å². The lowest BCUT2D eigenvalue weighted by atomic mass is 10.1. The van der Waals surface area contributed by atoms with Crippen molar-refractivity contribution < 1.29 is 14.3 Å². The third-order valence-electron chi connectivity index (χ3n) is 5.55. The predicted octanol–water partition coefficient (Wildman–Crippen LogP) is 4.58. The van der Waals surface area contributed by atoms with Gasteiger partial charge in [-0.25, -0.2) is 14.5 Å². The molecule has 4 aromatic rings. The highest BCUT2D eigenvalue weighted by Gasteiger charge is 2.23. The number of nitrogens with zero attached hydrogens (tertiary/aromatic N) is 3. The molecule has 2 aromatic carbocycles. The van der Waals surface area contributed by atoms with Gasteiger partial charge in [-0.1, -0.05) is 60.7 Å². The summed E-state index contributed by atoms with van der Waals surface area (Å²) in [5, 5.41) is 7.85. The van der Waals surface area contributed by atoms with E-state index in [1.165, 1.54) is 0 Å². The summed E-state index contributed by atoms with van der Waals surface area (Å²) in [7, 11) is 0. The summed E-state index contributed by atoms with van der Waals surface area (Å²) in [4.78, 5) is 30.5. The molecule has 0 aliphatic heterocycles. The van der Waals surface area contributed by atoms with Gasteiger partial charge in [0.1, 0.15) is 0 Å². The van der Waals surface area contributed by atoms with Crippen molar-refractivity contribution in [3.8, 4) is 11.3 Å². The number of nitrogens with one attached hydrogen (secondary N) is 1. The fraction of sp³-hybridized carbons (Fsp3) is 0.259. The molecule has 0 radical (unpaired) electrons. The summed E-state index contributed by atoms with van der Waals surface area (Å²) in [6.07, 6.45) is 1.39. The van der Waals surface area contributed by atoms with Crippen molar-refractivity contribution in [2.24, 2.45) is 0 Å². The van der Waals surface area contributed by atoms with Crippen LogP contribution >= 0.6 is 0 Å². The molecule has 2 aromatic heterocycles. The van der Waals surface area contributed by atoms with Crippen LogP contribution in [0.25, 0.3) is 22.3 Å². The van der Waals surface area contributed by atoms with E-state index in [4.69, 9.17) is 9.72 Å². The quantitative estimate of drug-likeness (QED) is 0.392. The molecule has 1 atom stereocenters. The summed E-state index contributed by atoms with van der Waals surface area (Å²) in [6, 6.07) is 21.3. The Kier molecular flexibility index (Phi) is 7.01. The Morgan fingerprint density at radius 2 is 1.68 bits per heavy atom. The average Bonchev–Trinajstić information content (AvgIpc) is 3.29. The third kappa shape index (κ3) is 5.14. The Hall–Kier alpha value is -4.00. The molecule has 7 heteroatoms. The maximum absolute atomic E-state index is 13.2. The van der Waals surface area contributed by atoms with Crippen LogP contribution in [0.4, 0.5) is 0 Å². The second kappa shape index (κ2) is 10.3. The highest BCUT2D eigenvalue weighted by Crippen LogP contribution is 2.27. The van der Waals surface area contributed by atoms with Crippen LogP contribution in [-0.4, -0.2) is 39.3 Å². The minimum Gasteiger partial charge on any atom is -0.449 e. The van der Waals surface area contributed by atoms with E-state index in [1.54, 1.807) is 23.9 Å². The minimum absolute atomic E-state index is 0.0641. The van der Waals surface area contributed by atoms with Crippen LogP contribution in [-0.2, 0) is 16.0 Å². The van der Waals surface area contributed by atoms with Crippen LogP contribution in [0.5, 0.6) is 0 Å². The van der Waals surface area contributed by atoms with Gasteiger partial charge in [0.05, 0.1) is 22.8 Å². The first-order valence-corrected chi connectivity index (χ1v) is 11.4. The fourth-order valence-corrected chi connectivity index (χ4v) is 3.72. The second-order valence-electron chi connectivity index (χ2n) is 8.42. The van der Waals surface area contributed by atoms with Crippen LogP contribution in [0.1, 0.15) is 42.7 Å². The molecule has 0 aliphatic carbocycles. The van der Waals surface area contributed by atoms with Gasteiger partial charge in [0.2, 0.25) is 0 Å². The molecule has 4 rings (SSSR count). The summed E-state index contributed by atoms with van der Waals surface area (Å²) in [5.41, 5.74) is 3.58. The molecule has 0 bridgehead atoms. The standard InChI is InChI=1S/C27H28N4O3/c1-18(2)31-25-23(17-29-31)22(16-24(30-25)21-12-8-5-9-13-21)27(33)34-19(3)26(32)28-15-14-20-10-6-4-7-11-20/h4-13,16-19H,14-15H2,1-3H3,(H,28,32). The van der Waals surface area contributed by atoms with Gasteiger partial charge in [0, 0.05) is 18.2 Å². The van der Waals surface area contributed by atoms with E-state index in [0.717, 1.165) is 11.1 Å². The number of carbonyl (C=O) groups excluding carboxylic acids is 2. The van der Waals surface area contributed by atoms with Crippen molar-refractivity contribution in [1.82, 2.24) is 20.1 Å². The van der Waals surface area contributed by atoms with Crippen molar-refractivity contribution in [3.63, 3.8) is 0 Å². The van der Waals surface area contributed by atoms with Gasteiger partial charge in [0.15, 0.2) is 11.8 Å². The second-order valence-corrected chi connectivity index (χ2v) is 8.42. The largest absolute Gasteiger partial charge is 0.449 e. The van der Waals surface area contributed by atoms with E-state index < -0.39 is 12.1 Å². The van der Waals surface area contributed by atoms with Crippen LogP contribution in [0.15, 0.2) is 72.9 Å². The van der Waals surface area contributed by atoms with Gasteiger partial charge < -0.3 is 10.1 Å². The molecule has 7 nitrogen and oxygen atoms in total. The smallest absolute Gasteiger partial charge is 0.339 e. The molecular formula is C27H28N4O3. The molecular weight excluding hydrogens is 428 g/mol. The lowest BCUT2D eigenvalue weighted by Gasteiger charge is -2.15. The Balaban J connectivity index is 1.53. The van der Waals surface area contributed by atoms with Crippen LogP contribution < -0.4 is 5.32 Å². The Labute approximate surface area is 198 Å². The van der Waals surface area contributed by atoms with Gasteiger partial charge in [-0.3, -0.25) is 4.79 Å². The van der Waals surface area contributed by atoms with E-state index in [2.05, 4.69) is 10.4 Å². The SMILES string of the molecule is CC(OC(=O)c1cc(-c2ccccc2)nc2c1cnn2C(C)C)C(=O)NCCc1ccccc1. The van der Waals surface area contributed by atoms with Gasteiger partial charge in [0.25, 0.3) is 5.91 Å². The monoisotopic (exact) mass is 456 g/mol. The maximum atomic E-state index is 13.2. The normalized spacial score (nSPS) is 12.0. The molecule has 0 spiro atoms. The number of hydrogen-bond acceptors (Lipinski definition) is 5. The molecule has 1 amide bonds. The van der Waals surface area contributed by atoms with Gasteiger partial charge in [-0.05, 0) is 38.8 Å². The number of esters is 1. The number of carbonyl (C=O) groups is 2. The average molecular weight is 457 g/mol. The highest BCUT2D eigenvalue weighted by atomic mass is 16.5. The van der Waals surface area contributed by atoms with E-state index >= 15 is 0 Å². The Morgan fingerprint density at radius 3 is 2.35 bits per heavy atom. The zero-order chi connectivity index (χ0) is 24.1. The van der Waals surface area contributed by atoms with Gasteiger partial charge in [-0.2, -0.15) is 5.10 Å². The number of pyridine rings is 1. The van der Waals surface area contributed by atoms with Crippen molar-refractivity contribution in [3.05, 3.63) is 84.1 Å². The first-order valence-electron chi connectivity index (χ1n) is 11.4. The number of fused-ring (bicyclic) bond motifs is 1. The van der Waals surface area contributed by atoms with E-state index in [1.807, 2.05) is 74.5 Å². The first-order chi connectivity index (χ1) is 16.4. The van der Waals surface area contributed by atoms with Crippen LogP contribution in [0, 0.1) is 0 Å². The molecule has 0 aliphatic rings. The Bertz CT molecular complexity index is 1280. The molecule has 2 heterocycles. The molecule has 0 saturated heterocycles. The van der Waals surface area contributed by atoms with Crippen molar-refractivity contribution >= 4 is 22.9 Å². The predicted molar refractivity (Wildman–Crippen MR) is 131 cm³/mol. The molecule has 174 valence electrons.